The Hall–Kier alpha value is -1.22. The van der Waals surface area contributed by atoms with E-state index in [9.17, 15) is 13.2 Å². The summed E-state index contributed by atoms with van der Waals surface area (Å²) in [5, 5.41) is 0. The second kappa shape index (κ2) is 8.03. The van der Waals surface area contributed by atoms with Crippen LogP contribution in [0, 0.1) is 19.8 Å². The van der Waals surface area contributed by atoms with Gasteiger partial charge in [-0.3, -0.25) is 4.79 Å². The molecule has 2 aromatic rings. The molecule has 0 aliphatic carbocycles. The van der Waals surface area contributed by atoms with E-state index in [-0.39, 0.29) is 11.8 Å². The van der Waals surface area contributed by atoms with Gasteiger partial charge in [0.25, 0.3) is 10.0 Å². The number of halogens is 1. The van der Waals surface area contributed by atoms with E-state index in [0.717, 1.165) is 20.6 Å². The summed E-state index contributed by atoms with van der Waals surface area (Å²) in [4.78, 5) is 14.7. The minimum atomic E-state index is -3.48. The molecular weight excluding hydrogens is 448 g/mol. The lowest BCUT2D eigenvalue weighted by Gasteiger charge is -2.32. The number of nitrogens with zero attached hydrogens (tertiary/aromatic N) is 2. The SMILES string of the molecule is Cc1ccc(C)c(N(C)C(=O)C2CCN(S(=O)(=O)c3ccc(Br)s3)CC2)c1. The number of anilines is 1. The molecule has 1 aromatic heterocycles. The van der Waals surface area contributed by atoms with Gasteiger partial charge in [0.15, 0.2) is 0 Å². The van der Waals surface area contributed by atoms with E-state index in [1.165, 1.54) is 15.6 Å². The average Bonchev–Trinajstić information content (AvgIpc) is 3.10. The van der Waals surface area contributed by atoms with Gasteiger partial charge in [0.05, 0.1) is 3.79 Å². The van der Waals surface area contributed by atoms with Crippen LogP contribution in [0.5, 0.6) is 0 Å². The van der Waals surface area contributed by atoms with Crippen molar-refractivity contribution in [1.82, 2.24) is 4.31 Å². The lowest BCUT2D eigenvalue weighted by atomic mass is 9.96. The summed E-state index contributed by atoms with van der Waals surface area (Å²) in [5.41, 5.74) is 3.08. The minimum Gasteiger partial charge on any atom is -0.315 e. The Balaban J connectivity index is 1.68. The van der Waals surface area contributed by atoms with Crippen LogP contribution in [-0.2, 0) is 14.8 Å². The van der Waals surface area contributed by atoms with Gasteiger partial charge >= 0.3 is 0 Å². The Labute approximate surface area is 173 Å². The van der Waals surface area contributed by atoms with Gasteiger partial charge in [0, 0.05) is 31.7 Å². The standard InChI is InChI=1S/C19H23BrN2O3S2/c1-13-4-5-14(2)16(12-13)21(3)19(23)15-8-10-22(11-9-15)27(24,25)18-7-6-17(20)26-18/h4-7,12,15H,8-11H2,1-3H3. The molecule has 27 heavy (non-hydrogen) atoms. The van der Waals surface area contributed by atoms with Crippen LogP contribution in [0.3, 0.4) is 0 Å². The fourth-order valence-electron chi connectivity index (χ4n) is 3.38. The molecule has 8 heteroatoms. The van der Waals surface area contributed by atoms with E-state index >= 15 is 0 Å². The van der Waals surface area contributed by atoms with Crippen LogP contribution in [0.1, 0.15) is 24.0 Å². The Bertz CT molecular complexity index is 948. The lowest BCUT2D eigenvalue weighted by Crippen LogP contribution is -2.43. The Morgan fingerprint density at radius 1 is 1.19 bits per heavy atom. The van der Waals surface area contributed by atoms with Gasteiger partial charge < -0.3 is 4.90 Å². The van der Waals surface area contributed by atoms with Crippen LogP contribution < -0.4 is 4.90 Å². The number of carbonyl (C=O) groups is 1. The van der Waals surface area contributed by atoms with Crippen molar-refractivity contribution in [3.8, 4) is 0 Å². The predicted molar refractivity (Wildman–Crippen MR) is 113 cm³/mol. The van der Waals surface area contributed by atoms with Gasteiger partial charge in [-0.25, -0.2) is 8.42 Å². The Morgan fingerprint density at radius 3 is 2.44 bits per heavy atom. The van der Waals surface area contributed by atoms with Crippen molar-refractivity contribution in [2.45, 2.75) is 30.9 Å². The average molecular weight is 471 g/mol. The summed E-state index contributed by atoms with van der Waals surface area (Å²) in [7, 11) is -1.68. The molecule has 1 amide bonds. The van der Waals surface area contributed by atoms with Crippen LogP contribution in [0.4, 0.5) is 5.69 Å². The zero-order chi connectivity index (χ0) is 19.8. The van der Waals surface area contributed by atoms with Gasteiger partial charge in [0.1, 0.15) is 4.21 Å². The van der Waals surface area contributed by atoms with Crippen LogP contribution >= 0.6 is 27.3 Å². The first-order valence-corrected chi connectivity index (χ1v) is 11.9. The third-order valence-corrected chi connectivity index (χ3v) is 8.99. The third kappa shape index (κ3) is 4.29. The minimum absolute atomic E-state index is 0.0552. The Kier molecular flexibility index (Phi) is 6.10. The van der Waals surface area contributed by atoms with Crippen molar-refractivity contribution in [3.05, 3.63) is 45.2 Å². The maximum Gasteiger partial charge on any atom is 0.252 e. The molecule has 0 atom stereocenters. The molecule has 0 saturated carbocycles. The highest BCUT2D eigenvalue weighted by molar-refractivity contribution is 9.11. The molecule has 0 radical (unpaired) electrons. The summed E-state index contributed by atoms with van der Waals surface area (Å²) >= 11 is 4.52. The van der Waals surface area contributed by atoms with E-state index in [1.54, 1.807) is 24.1 Å². The van der Waals surface area contributed by atoms with Crippen molar-refractivity contribution in [2.24, 2.45) is 5.92 Å². The molecule has 1 aromatic carbocycles. The van der Waals surface area contributed by atoms with Gasteiger partial charge in [-0.2, -0.15) is 4.31 Å². The van der Waals surface area contributed by atoms with E-state index in [0.29, 0.717) is 30.1 Å². The second-order valence-electron chi connectivity index (χ2n) is 6.92. The van der Waals surface area contributed by atoms with Gasteiger partial charge in [0.2, 0.25) is 5.91 Å². The molecule has 1 aliphatic rings. The number of hydrogen-bond donors (Lipinski definition) is 0. The number of hydrogen-bond acceptors (Lipinski definition) is 4. The van der Waals surface area contributed by atoms with E-state index < -0.39 is 10.0 Å². The van der Waals surface area contributed by atoms with Crippen LogP contribution in [0.15, 0.2) is 38.3 Å². The maximum atomic E-state index is 12.9. The molecular formula is C19H23BrN2O3S2. The second-order valence-corrected chi connectivity index (χ2v) is 11.6. The fourth-order valence-corrected chi connectivity index (χ4v) is 7.01. The van der Waals surface area contributed by atoms with Crippen LogP contribution in [-0.4, -0.2) is 38.8 Å². The first-order valence-electron chi connectivity index (χ1n) is 8.80. The molecule has 1 aliphatic heterocycles. The quantitative estimate of drug-likeness (QED) is 0.672. The summed E-state index contributed by atoms with van der Waals surface area (Å²) in [5.74, 6) is -0.101. The van der Waals surface area contributed by atoms with Crippen LogP contribution in [0.2, 0.25) is 0 Å². The number of aryl methyl sites for hydroxylation is 2. The molecule has 0 bridgehead atoms. The molecule has 1 saturated heterocycles. The van der Waals surface area contributed by atoms with E-state index in [4.69, 9.17) is 0 Å². The normalized spacial score (nSPS) is 16.4. The number of carbonyl (C=O) groups excluding carboxylic acids is 1. The molecule has 3 rings (SSSR count). The zero-order valence-electron chi connectivity index (χ0n) is 15.6. The highest BCUT2D eigenvalue weighted by atomic mass is 79.9. The number of amides is 1. The van der Waals surface area contributed by atoms with Gasteiger partial charge in [-0.05, 0) is 71.9 Å². The van der Waals surface area contributed by atoms with E-state index in [2.05, 4.69) is 15.9 Å². The van der Waals surface area contributed by atoms with Crippen molar-refractivity contribution in [2.75, 3.05) is 25.0 Å². The maximum absolute atomic E-state index is 12.9. The zero-order valence-corrected chi connectivity index (χ0v) is 18.8. The van der Waals surface area contributed by atoms with Crippen LogP contribution in [0.25, 0.3) is 0 Å². The van der Waals surface area contributed by atoms with E-state index in [1.807, 2.05) is 32.0 Å². The smallest absolute Gasteiger partial charge is 0.252 e. The van der Waals surface area contributed by atoms with Crippen molar-refractivity contribution in [1.29, 1.82) is 0 Å². The molecule has 0 unspecified atom stereocenters. The first-order chi connectivity index (χ1) is 12.7. The third-order valence-electron chi connectivity index (χ3n) is 5.00. The number of rotatable bonds is 4. The van der Waals surface area contributed by atoms with Gasteiger partial charge in [-0.1, -0.05) is 12.1 Å². The summed E-state index contributed by atoms with van der Waals surface area (Å²) < 4.78 is 28.1. The number of thiophene rings is 1. The lowest BCUT2D eigenvalue weighted by molar-refractivity contribution is -0.123. The monoisotopic (exact) mass is 470 g/mol. The molecule has 1 fully saturated rings. The van der Waals surface area contributed by atoms with Gasteiger partial charge in [-0.15, -0.1) is 11.3 Å². The predicted octanol–water partition coefficient (Wildman–Crippen LogP) is 4.19. The largest absolute Gasteiger partial charge is 0.315 e. The number of sulfonamides is 1. The summed E-state index contributed by atoms with van der Waals surface area (Å²) in [6, 6.07) is 9.43. The molecule has 5 nitrogen and oxygen atoms in total. The summed E-state index contributed by atoms with van der Waals surface area (Å²) in [6.45, 7) is 4.74. The van der Waals surface area contributed by atoms with Crippen molar-refractivity contribution < 1.29 is 13.2 Å². The summed E-state index contributed by atoms with van der Waals surface area (Å²) in [6.07, 6.45) is 1.08. The first kappa shape index (κ1) is 20.5. The fraction of sp³-hybridized carbons (Fsp3) is 0.421. The highest BCUT2D eigenvalue weighted by Crippen LogP contribution is 2.32. The van der Waals surface area contributed by atoms with Crippen molar-refractivity contribution >= 4 is 48.9 Å². The van der Waals surface area contributed by atoms with Crippen molar-refractivity contribution in [3.63, 3.8) is 0 Å². The number of benzene rings is 1. The Morgan fingerprint density at radius 2 is 1.85 bits per heavy atom. The molecule has 0 spiro atoms. The highest BCUT2D eigenvalue weighted by Gasteiger charge is 2.34. The molecule has 0 N–H and O–H groups in total. The number of piperidine rings is 1. The molecule has 2 heterocycles. The molecule has 146 valence electrons. The topological polar surface area (TPSA) is 57.7 Å².